The van der Waals surface area contributed by atoms with Crippen LogP contribution in [0.15, 0.2) is 30.3 Å². The fourth-order valence-corrected chi connectivity index (χ4v) is 2.12. The Morgan fingerprint density at radius 2 is 2.05 bits per heavy atom. The molecule has 5 heteroatoms. The molecule has 2 aromatic rings. The van der Waals surface area contributed by atoms with E-state index in [-0.39, 0.29) is 11.7 Å². The van der Waals surface area contributed by atoms with E-state index in [1.165, 1.54) is 0 Å². The summed E-state index contributed by atoms with van der Waals surface area (Å²) in [5, 5.41) is 6.66. The normalized spacial score (nSPS) is 10.5. The molecule has 0 saturated carbocycles. The van der Waals surface area contributed by atoms with Crippen LogP contribution in [0.3, 0.4) is 0 Å². The van der Waals surface area contributed by atoms with Crippen molar-refractivity contribution < 1.29 is 4.79 Å². The van der Waals surface area contributed by atoms with Crippen LogP contribution < -0.4 is 10.6 Å². The number of carbonyl (C=O) groups is 1. The van der Waals surface area contributed by atoms with Crippen LogP contribution in [-0.2, 0) is 0 Å². The van der Waals surface area contributed by atoms with Gasteiger partial charge >= 0.3 is 0 Å². The summed E-state index contributed by atoms with van der Waals surface area (Å²) in [6.45, 7) is 4.58. The highest BCUT2D eigenvalue weighted by Crippen LogP contribution is 2.21. The second-order valence-corrected chi connectivity index (χ2v) is 4.75. The lowest BCUT2D eigenvalue weighted by atomic mass is 10.1. The molecule has 3 N–H and O–H groups in total. The van der Waals surface area contributed by atoms with Crippen LogP contribution in [0.1, 0.15) is 35.8 Å². The molecule has 1 aromatic heterocycles. The van der Waals surface area contributed by atoms with Gasteiger partial charge in [0, 0.05) is 17.9 Å². The average molecular weight is 272 g/mol. The number of benzene rings is 1. The zero-order valence-corrected chi connectivity index (χ0v) is 11.9. The number of hydrogen-bond donors (Lipinski definition) is 2. The van der Waals surface area contributed by atoms with Gasteiger partial charge < -0.3 is 10.6 Å². The first-order chi connectivity index (χ1) is 9.65. The van der Waals surface area contributed by atoms with Crippen molar-refractivity contribution in [1.29, 1.82) is 0 Å². The number of amides is 1. The Morgan fingerprint density at radius 1 is 1.35 bits per heavy atom. The lowest BCUT2D eigenvalue weighted by Crippen LogP contribution is -2.32. The molecule has 0 aliphatic carbocycles. The van der Waals surface area contributed by atoms with Gasteiger partial charge in [0.25, 0.3) is 5.91 Å². The highest BCUT2D eigenvalue weighted by molar-refractivity contribution is 6.09. The molecule has 1 aromatic carbocycles. The number of para-hydroxylation sites is 1. The number of unbranched alkanes of at least 4 members (excludes halogenated alkanes) is 1. The Kier molecular flexibility index (Phi) is 4.40. The summed E-state index contributed by atoms with van der Waals surface area (Å²) in [5.41, 5.74) is 7.84. The summed E-state index contributed by atoms with van der Waals surface area (Å²) < 4.78 is 0. The van der Waals surface area contributed by atoms with Crippen LogP contribution in [0.5, 0.6) is 0 Å². The average Bonchev–Trinajstić information content (AvgIpc) is 2.79. The lowest BCUT2D eigenvalue weighted by Gasteiger charge is -2.22. The summed E-state index contributed by atoms with van der Waals surface area (Å²) in [4.78, 5) is 14.5. The summed E-state index contributed by atoms with van der Waals surface area (Å²) in [6, 6.07) is 9.64. The maximum absolute atomic E-state index is 12.7. The predicted octanol–water partition coefficient (Wildman–Crippen LogP) is 2.75. The van der Waals surface area contributed by atoms with E-state index < -0.39 is 0 Å². The number of aromatic amines is 1. The Bertz CT molecular complexity index is 557. The van der Waals surface area contributed by atoms with E-state index in [1.807, 2.05) is 30.3 Å². The summed E-state index contributed by atoms with van der Waals surface area (Å²) >= 11 is 0. The first-order valence-electron chi connectivity index (χ1n) is 6.82. The molecule has 0 spiro atoms. The molecule has 2 rings (SSSR count). The highest BCUT2D eigenvalue weighted by Gasteiger charge is 2.23. The van der Waals surface area contributed by atoms with Crippen LogP contribution in [-0.4, -0.2) is 22.6 Å². The van der Waals surface area contributed by atoms with Crippen molar-refractivity contribution in [2.24, 2.45) is 0 Å². The van der Waals surface area contributed by atoms with Crippen LogP contribution in [0, 0.1) is 6.92 Å². The Balaban J connectivity index is 2.34. The van der Waals surface area contributed by atoms with Gasteiger partial charge in [-0.3, -0.25) is 9.89 Å². The zero-order valence-electron chi connectivity index (χ0n) is 11.9. The number of nitrogen functional groups attached to an aromatic ring is 1. The number of rotatable bonds is 5. The topological polar surface area (TPSA) is 75.0 Å². The Morgan fingerprint density at radius 3 is 2.60 bits per heavy atom. The van der Waals surface area contributed by atoms with Crippen LogP contribution in [0.2, 0.25) is 0 Å². The number of nitrogens with one attached hydrogen (secondary N) is 1. The van der Waals surface area contributed by atoms with Crippen molar-refractivity contribution >= 4 is 17.4 Å². The fourth-order valence-electron chi connectivity index (χ4n) is 2.12. The van der Waals surface area contributed by atoms with Gasteiger partial charge in [-0.05, 0) is 25.5 Å². The van der Waals surface area contributed by atoms with Crippen molar-refractivity contribution in [2.75, 3.05) is 17.2 Å². The zero-order chi connectivity index (χ0) is 14.5. The third kappa shape index (κ3) is 2.82. The molecule has 106 valence electrons. The molecule has 1 amide bonds. The minimum absolute atomic E-state index is 0.103. The van der Waals surface area contributed by atoms with Gasteiger partial charge in [-0.2, -0.15) is 5.10 Å². The maximum Gasteiger partial charge on any atom is 0.263 e. The van der Waals surface area contributed by atoms with Crippen LogP contribution >= 0.6 is 0 Å². The second-order valence-electron chi connectivity index (χ2n) is 4.75. The molecule has 0 aliphatic rings. The molecule has 0 saturated heterocycles. The third-order valence-corrected chi connectivity index (χ3v) is 3.24. The summed E-state index contributed by atoms with van der Waals surface area (Å²) in [7, 11) is 0. The molecule has 5 nitrogen and oxygen atoms in total. The van der Waals surface area contributed by atoms with Crippen molar-refractivity contribution in [3.8, 4) is 0 Å². The number of nitrogens with two attached hydrogens (primary N) is 1. The van der Waals surface area contributed by atoms with Crippen molar-refractivity contribution in [2.45, 2.75) is 26.7 Å². The number of H-pyrrole nitrogens is 1. The van der Waals surface area contributed by atoms with Crippen LogP contribution in [0.4, 0.5) is 11.5 Å². The standard InChI is InChI=1S/C15H20N4O/c1-3-4-10-19(12-8-6-5-7-9-12)15(20)13-11(2)17-18-14(13)16/h5-9H,3-4,10H2,1-2H3,(H3,16,17,18). The molecule has 20 heavy (non-hydrogen) atoms. The number of hydrogen-bond acceptors (Lipinski definition) is 3. The van der Waals surface area contributed by atoms with Gasteiger partial charge in [0.05, 0.1) is 0 Å². The molecule has 1 heterocycles. The molecule has 0 bridgehead atoms. The van der Waals surface area contributed by atoms with Gasteiger partial charge in [-0.1, -0.05) is 31.5 Å². The number of carbonyl (C=O) groups excluding carboxylic acids is 1. The summed E-state index contributed by atoms with van der Waals surface area (Å²) in [5.74, 6) is 0.151. The number of aromatic nitrogens is 2. The molecule has 0 aliphatic heterocycles. The second kappa shape index (κ2) is 6.23. The highest BCUT2D eigenvalue weighted by atomic mass is 16.2. The SMILES string of the molecule is CCCCN(C(=O)c1c(N)n[nH]c1C)c1ccccc1. The molecule has 0 fully saturated rings. The van der Waals surface area contributed by atoms with Crippen LogP contribution in [0.25, 0.3) is 0 Å². The largest absolute Gasteiger partial charge is 0.382 e. The molecule has 0 atom stereocenters. The van der Waals surface area contributed by atoms with Gasteiger partial charge in [-0.25, -0.2) is 0 Å². The third-order valence-electron chi connectivity index (χ3n) is 3.24. The van der Waals surface area contributed by atoms with E-state index in [1.54, 1.807) is 11.8 Å². The van der Waals surface area contributed by atoms with Gasteiger partial charge in [0.15, 0.2) is 5.82 Å². The monoisotopic (exact) mass is 272 g/mol. The van der Waals surface area contributed by atoms with E-state index in [0.29, 0.717) is 17.8 Å². The Labute approximate surface area is 118 Å². The molecular weight excluding hydrogens is 252 g/mol. The molecule has 0 radical (unpaired) electrons. The first kappa shape index (κ1) is 14.1. The minimum atomic E-state index is -0.103. The molecule has 0 unspecified atom stereocenters. The summed E-state index contributed by atoms with van der Waals surface area (Å²) in [6.07, 6.45) is 1.97. The van der Waals surface area contributed by atoms with E-state index in [4.69, 9.17) is 5.73 Å². The van der Waals surface area contributed by atoms with E-state index >= 15 is 0 Å². The minimum Gasteiger partial charge on any atom is -0.382 e. The van der Waals surface area contributed by atoms with Gasteiger partial charge in [0.1, 0.15) is 5.56 Å². The lowest BCUT2D eigenvalue weighted by molar-refractivity contribution is 0.0987. The van der Waals surface area contributed by atoms with E-state index in [9.17, 15) is 4.79 Å². The molecular formula is C15H20N4O. The van der Waals surface area contributed by atoms with Crippen molar-refractivity contribution in [3.05, 3.63) is 41.6 Å². The van der Waals surface area contributed by atoms with Gasteiger partial charge in [0.2, 0.25) is 0 Å². The van der Waals surface area contributed by atoms with Crippen molar-refractivity contribution in [1.82, 2.24) is 10.2 Å². The van der Waals surface area contributed by atoms with E-state index in [0.717, 1.165) is 18.5 Å². The number of anilines is 2. The fraction of sp³-hybridized carbons (Fsp3) is 0.333. The van der Waals surface area contributed by atoms with E-state index in [2.05, 4.69) is 17.1 Å². The van der Waals surface area contributed by atoms with Crippen molar-refractivity contribution in [3.63, 3.8) is 0 Å². The maximum atomic E-state index is 12.7. The smallest absolute Gasteiger partial charge is 0.263 e. The predicted molar refractivity (Wildman–Crippen MR) is 80.8 cm³/mol. The number of aryl methyl sites for hydroxylation is 1. The quantitative estimate of drug-likeness (QED) is 0.878. The number of nitrogens with zero attached hydrogens (tertiary/aromatic N) is 2. The van der Waals surface area contributed by atoms with Gasteiger partial charge in [-0.15, -0.1) is 0 Å². The first-order valence-corrected chi connectivity index (χ1v) is 6.82. The Hall–Kier alpha value is -2.30.